The molecular formula is C10H16N2O. The summed E-state index contributed by atoms with van der Waals surface area (Å²) in [5.41, 5.74) is 1.93. The Morgan fingerprint density at radius 2 is 2.23 bits per heavy atom. The summed E-state index contributed by atoms with van der Waals surface area (Å²) >= 11 is 0. The monoisotopic (exact) mass is 180 g/mol. The summed E-state index contributed by atoms with van der Waals surface area (Å²) in [6.07, 6.45) is 7.11. The Balaban J connectivity index is 2.20. The third kappa shape index (κ3) is 1.61. The van der Waals surface area contributed by atoms with E-state index in [2.05, 4.69) is 5.10 Å². The lowest BCUT2D eigenvalue weighted by Crippen LogP contribution is -2.04. The molecule has 1 aliphatic carbocycles. The Bertz CT molecular complexity index is 287. The molecule has 1 aliphatic rings. The van der Waals surface area contributed by atoms with Crippen LogP contribution < -0.4 is 0 Å². The maximum Gasteiger partial charge on any atom is 0.0715 e. The van der Waals surface area contributed by atoms with E-state index in [1.54, 1.807) is 0 Å². The summed E-state index contributed by atoms with van der Waals surface area (Å²) < 4.78 is 2.04. The summed E-state index contributed by atoms with van der Waals surface area (Å²) in [5.74, 6) is 0. The van der Waals surface area contributed by atoms with E-state index in [0.717, 1.165) is 11.3 Å². The fourth-order valence-corrected chi connectivity index (χ4v) is 2.03. The van der Waals surface area contributed by atoms with Crippen LogP contribution in [0.2, 0.25) is 0 Å². The average Bonchev–Trinajstić information content (AvgIpc) is 2.71. The first-order valence-corrected chi connectivity index (χ1v) is 4.96. The summed E-state index contributed by atoms with van der Waals surface area (Å²) in [5, 5.41) is 13.4. The molecule has 3 heteroatoms. The lowest BCUT2D eigenvalue weighted by molar-refractivity contribution is 0.281. The second kappa shape index (κ2) is 3.50. The number of aryl methyl sites for hydroxylation is 1. The van der Waals surface area contributed by atoms with Crippen molar-refractivity contribution in [2.75, 3.05) is 0 Å². The third-order valence-corrected chi connectivity index (χ3v) is 2.89. The van der Waals surface area contributed by atoms with E-state index >= 15 is 0 Å². The van der Waals surface area contributed by atoms with Crippen molar-refractivity contribution in [3.63, 3.8) is 0 Å². The van der Waals surface area contributed by atoms with E-state index < -0.39 is 0 Å². The minimum atomic E-state index is 0.110. The number of aliphatic hydroxyl groups excluding tert-OH is 1. The Morgan fingerprint density at radius 3 is 2.77 bits per heavy atom. The molecule has 3 nitrogen and oxygen atoms in total. The molecule has 0 amide bonds. The zero-order chi connectivity index (χ0) is 9.26. The lowest BCUT2D eigenvalue weighted by atomic mass is 10.2. The van der Waals surface area contributed by atoms with Crippen molar-refractivity contribution in [1.29, 1.82) is 0 Å². The maximum atomic E-state index is 9.02. The molecular weight excluding hydrogens is 164 g/mol. The molecule has 72 valence electrons. The largest absolute Gasteiger partial charge is 0.392 e. The molecule has 0 saturated heterocycles. The first-order chi connectivity index (χ1) is 6.31. The van der Waals surface area contributed by atoms with Crippen molar-refractivity contribution in [3.8, 4) is 0 Å². The number of hydrogen-bond acceptors (Lipinski definition) is 2. The van der Waals surface area contributed by atoms with Gasteiger partial charge in [-0.05, 0) is 19.8 Å². The van der Waals surface area contributed by atoms with Crippen LogP contribution in [0.4, 0.5) is 0 Å². The predicted octanol–water partition coefficient (Wildman–Crippen LogP) is 1.80. The van der Waals surface area contributed by atoms with Crippen molar-refractivity contribution >= 4 is 0 Å². The van der Waals surface area contributed by atoms with Gasteiger partial charge in [0.15, 0.2) is 0 Å². The fourth-order valence-electron chi connectivity index (χ4n) is 2.03. The smallest absolute Gasteiger partial charge is 0.0715 e. The fraction of sp³-hybridized carbons (Fsp3) is 0.700. The first-order valence-electron chi connectivity index (χ1n) is 4.96. The van der Waals surface area contributed by atoms with E-state index in [4.69, 9.17) is 5.11 Å². The van der Waals surface area contributed by atoms with Crippen LogP contribution >= 0.6 is 0 Å². The molecule has 0 bridgehead atoms. The molecule has 0 atom stereocenters. The highest BCUT2D eigenvalue weighted by molar-refractivity contribution is 5.14. The number of nitrogens with zero attached hydrogens (tertiary/aromatic N) is 2. The molecule has 1 heterocycles. The molecule has 0 radical (unpaired) electrons. The van der Waals surface area contributed by atoms with Crippen molar-refractivity contribution < 1.29 is 5.11 Å². The molecule has 0 spiro atoms. The van der Waals surface area contributed by atoms with E-state index in [-0.39, 0.29) is 6.61 Å². The highest BCUT2D eigenvalue weighted by Crippen LogP contribution is 2.29. The maximum absolute atomic E-state index is 9.02. The van der Waals surface area contributed by atoms with Gasteiger partial charge in [-0.2, -0.15) is 5.10 Å². The number of aromatic nitrogens is 2. The summed E-state index contributed by atoms with van der Waals surface area (Å²) in [6.45, 7) is 2.07. The van der Waals surface area contributed by atoms with Crippen LogP contribution in [0, 0.1) is 6.92 Å². The first kappa shape index (κ1) is 8.75. The Kier molecular flexibility index (Phi) is 2.36. The van der Waals surface area contributed by atoms with Gasteiger partial charge in [-0.3, -0.25) is 4.68 Å². The van der Waals surface area contributed by atoms with Crippen molar-refractivity contribution in [2.45, 2.75) is 45.3 Å². The molecule has 2 rings (SSSR count). The van der Waals surface area contributed by atoms with Gasteiger partial charge >= 0.3 is 0 Å². The quantitative estimate of drug-likeness (QED) is 0.753. The molecule has 0 aliphatic heterocycles. The highest BCUT2D eigenvalue weighted by atomic mass is 16.3. The SMILES string of the molecule is Cc1nn(C2CCCC2)cc1CO. The Morgan fingerprint density at radius 1 is 1.54 bits per heavy atom. The van der Waals surface area contributed by atoms with Gasteiger partial charge in [0, 0.05) is 11.8 Å². The zero-order valence-electron chi connectivity index (χ0n) is 8.03. The number of aliphatic hydroxyl groups is 1. The molecule has 1 aromatic heterocycles. The van der Waals surface area contributed by atoms with E-state index in [9.17, 15) is 0 Å². The van der Waals surface area contributed by atoms with Gasteiger partial charge in [0.2, 0.25) is 0 Å². The molecule has 1 saturated carbocycles. The van der Waals surface area contributed by atoms with Crippen LogP contribution in [-0.2, 0) is 6.61 Å². The second-order valence-electron chi connectivity index (χ2n) is 3.82. The van der Waals surface area contributed by atoms with Gasteiger partial charge in [-0.1, -0.05) is 12.8 Å². The summed E-state index contributed by atoms with van der Waals surface area (Å²) in [6, 6.07) is 0.582. The minimum Gasteiger partial charge on any atom is -0.392 e. The number of rotatable bonds is 2. The summed E-state index contributed by atoms with van der Waals surface area (Å²) in [4.78, 5) is 0. The second-order valence-corrected chi connectivity index (χ2v) is 3.82. The topological polar surface area (TPSA) is 38.0 Å². The normalized spacial score (nSPS) is 18.3. The molecule has 1 fully saturated rings. The number of hydrogen-bond donors (Lipinski definition) is 1. The van der Waals surface area contributed by atoms with Crippen molar-refractivity contribution in [2.24, 2.45) is 0 Å². The van der Waals surface area contributed by atoms with Crippen LogP contribution in [0.1, 0.15) is 43.0 Å². The van der Waals surface area contributed by atoms with E-state index in [1.807, 2.05) is 17.8 Å². The molecule has 0 aromatic carbocycles. The lowest BCUT2D eigenvalue weighted by Gasteiger charge is -2.08. The summed E-state index contributed by atoms with van der Waals surface area (Å²) in [7, 11) is 0. The minimum absolute atomic E-state index is 0.110. The van der Waals surface area contributed by atoms with E-state index in [1.165, 1.54) is 25.7 Å². The Labute approximate surface area is 78.4 Å². The standard InChI is InChI=1S/C10H16N2O/c1-8-9(7-13)6-12(11-8)10-4-2-3-5-10/h6,10,13H,2-5,7H2,1H3. The molecule has 0 unspecified atom stereocenters. The van der Waals surface area contributed by atoms with Crippen molar-refractivity contribution in [3.05, 3.63) is 17.5 Å². The van der Waals surface area contributed by atoms with Gasteiger partial charge < -0.3 is 5.11 Å². The van der Waals surface area contributed by atoms with Crippen molar-refractivity contribution in [1.82, 2.24) is 9.78 Å². The van der Waals surface area contributed by atoms with Gasteiger partial charge in [0.1, 0.15) is 0 Å². The Hall–Kier alpha value is -0.830. The van der Waals surface area contributed by atoms with Crippen LogP contribution in [0.3, 0.4) is 0 Å². The van der Waals surface area contributed by atoms with Crippen LogP contribution in [-0.4, -0.2) is 14.9 Å². The molecule has 1 N–H and O–H groups in total. The molecule has 1 aromatic rings. The predicted molar refractivity (Wildman–Crippen MR) is 50.4 cm³/mol. The van der Waals surface area contributed by atoms with E-state index in [0.29, 0.717) is 6.04 Å². The van der Waals surface area contributed by atoms with Crippen LogP contribution in [0.25, 0.3) is 0 Å². The van der Waals surface area contributed by atoms with Crippen LogP contribution in [0.15, 0.2) is 6.20 Å². The third-order valence-electron chi connectivity index (χ3n) is 2.89. The van der Waals surface area contributed by atoms with Gasteiger partial charge in [0.05, 0.1) is 18.3 Å². The zero-order valence-corrected chi connectivity index (χ0v) is 8.03. The highest BCUT2D eigenvalue weighted by Gasteiger charge is 2.18. The van der Waals surface area contributed by atoms with Gasteiger partial charge in [-0.15, -0.1) is 0 Å². The average molecular weight is 180 g/mol. The molecule has 13 heavy (non-hydrogen) atoms. The van der Waals surface area contributed by atoms with Gasteiger partial charge in [0.25, 0.3) is 0 Å². The van der Waals surface area contributed by atoms with Crippen LogP contribution in [0.5, 0.6) is 0 Å². The van der Waals surface area contributed by atoms with Gasteiger partial charge in [-0.25, -0.2) is 0 Å².